The molecular weight excluding hydrogens is 256 g/mol. The number of nitrogens with one attached hydrogen (secondary N) is 1. The molecule has 0 fully saturated rings. The summed E-state index contributed by atoms with van der Waals surface area (Å²) < 4.78 is 10.2. The standard InChI is InChI=1S/C15H24N2O3/c1-15(14(18)20-5,16-9-10-17(2)3)12-7-6-8-13(11-12)19-4/h6-8,11,16H,9-10H2,1-5H3. The molecule has 1 unspecified atom stereocenters. The number of ether oxygens (including phenoxy) is 2. The number of hydrogen-bond donors (Lipinski definition) is 1. The molecule has 0 aliphatic carbocycles. The lowest BCUT2D eigenvalue weighted by atomic mass is 9.91. The number of carbonyl (C=O) groups excluding carboxylic acids is 1. The predicted octanol–water partition coefficient (Wildman–Crippen LogP) is 1.23. The van der Waals surface area contributed by atoms with Crippen molar-refractivity contribution < 1.29 is 14.3 Å². The van der Waals surface area contributed by atoms with E-state index >= 15 is 0 Å². The molecule has 0 heterocycles. The molecule has 0 saturated heterocycles. The van der Waals surface area contributed by atoms with Gasteiger partial charge in [0.1, 0.15) is 11.3 Å². The van der Waals surface area contributed by atoms with Crippen LogP contribution >= 0.6 is 0 Å². The molecule has 5 nitrogen and oxygen atoms in total. The zero-order valence-electron chi connectivity index (χ0n) is 12.9. The zero-order valence-corrected chi connectivity index (χ0v) is 12.9. The highest BCUT2D eigenvalue weighted by Crippen LogP contribution is 2.25. The number of nitrogens with zero attached hydrogens (tertiary/aromatic N) is 1. The van der Waals surface area contributed by atoms with E-state index in [-0.39, 0.29) is 5.97 Å². The van der Waals surface area contributed by atoms with Crippen LogP contribution in [0.3, 0.4) is 0 Å². The fourth-order valence-corrected chi connectivity index (χ4v) is 1.96. The van der Waals surface area contributed by atoms with E-state index in [9.17, 15) is 4.79 Å². The maximum absolute atomic E-state index is 12.2. The minimum Gasteiger partial charge on any atom is -0.497 e. The van der Waals surface area contributed by atoms with Crippen LogP contribution in [0.25, 0.3) is 0 Å². The van der Waals surface area contributed by atoms with Gasteiger partial charge in [0.05, 0.1) is 14.2 Å². The summed E-state index contributed by atoms with van der Waals surface area (Å²) in [6, 6.07) is 7.45. The number of rotatable bonds is 7. The summed E-state index contributed by atoms with van der Waals surface area (Å²) in [7, 11) is 6.98. The number of hydrogen-bond acceptors (Lipinski definition) is 5. The molecule has 1 aromatic carbocycles. The molecule has 0 radical (unpaired) electrons. The average Bonchev–Trinajstić information content (AvgIpc) is 2.45. The highest BCUT2D eigenvalue weighted by molar-refractivity contribution is 5.82. The number of benzene rings is 1. The van der Waals surface area contributed by atoms with Gasteiger partial charge < -0.3 is 14.4 Å². The molecule has 0 spiro atoms. The molecule has 0 aliphatic heterocycles. The molecule has 0 saturated carbocycles. The second-order valence-electron chi connectivity index (χ2n) is 5.08. The molecule has 1 atom stereocenters. The Kier molecular flexibility index (Phi) is 5.98. The van der Waals surface area contributed by atoms with Crippen LogP contribution in [-0.2, 0) is 15.1 Å². The Morgan fingerprint density at radius 2 is 2.05 bits per heavy atom. The summed E-state index contributed by atoms with van der Waals surface area (Å²) in [5.41, 5.74) is -0.0679. The molecule has 1 aromatic rings. The summed E-state index contributed by atoms with van der Waals surface area (Å²) in [4.78, 5) is 14.2. The fourth-order valence-electron chi connectivity index (χ4n) is 1.96. The minimum atomic E-state index is -0.890. The van der Waals surface area contributed by atoms with E-state index in [0.717, 1.165) is 12.1 Å². The van der Waals surface area contributed by atoms with Crippen LogP contribution in [0.1, 0.15) is 12.5 Å². The lowest BCUT2D eigenvalue weighted by Crippen LogP contribution is -2.49. The van der Waals surface area contributed by atoms with Crippen LogP contribution in [0.4, 0.5) is 0 Å². The number of carbonyl (C=O) groups is 1. The summed E-state index contributed by atoms with van der Waals surface area (Å²) in [5, 5.41) is 3.27. The van der Waals surface area contributed by atoms with Crippen molar-refractivity contribution in [1.29, 1.82) is 0 Å². The topological polar surface area (TPSA) is 50.8 Å². The third kappa shape index (κ3) is 3.95. The average molecular weight is 280 g/mol. The molecule has 0 aromatic heterocycles. The van der Waals surface area contributed by atoms with Crippen LogP contribution in [0.2, 0.25) is 0 Å². The third-order valence-corrected chi connectivity index (χ3v) is 3.28. The second kappa shape index (κ2) is 7.26. The molecule has 0 amide bonds. The molecular formula is C15H24N2O3. The highest BCUT2D eigenvalue weighted by Gasteiger charge is 2.36. The molecule has 1 N–H and O–H groups in total. The van der Waals surface area contributed by atoms with Crippen LogP contribution < -0.4 is 10.1 Å². The van der Waals surface area contributed by atoms with Crippen molar-refractivity contribution in [3.8, 4) is 5.75 Å². The Hall–Kier alpha value is -1.59. The van der Waals surface area contributed by atoms with E-state index in [1.54, 1.807) is 7.11 Å². The first-order chi connectivity index (χ1) is 9.43. The van der Waals surface area contributed by atoms with Gasteiger partial charge in [0, 0.05) is 13.1 Å². The lowest BCUT2D eigenvalue weighted by Gasteiger charge is -2.29. The first-order valence-corrected chi connectivity index (χ1v) is 6.56. The van der Waals surface area contributed by atoms with E-state index in [1.165, 1.54) is 7.11 Å². The third-order valence-electron chi connectivity index (χ3n) is 3.28. The van der Waals surface area contributed by atoms with Crippen LogP contribution in [0, 0.1) is 0 Å². The van der Waals surface area contributed by atoms with Crippen molar-refractivity contribution in [2.45, 2.75) is 12.5 Å². The number of esters is 1. The number of methoxy groups -OCH3 is 2. The monoisotopic (exact) mass is 280 g/mol. The second-order valence-corrected chi connectivity index (χ2v) is 5.08. The predicted molar refractivity (Wildman–Crippen MR) is 78.9 cm³/mol. The van der Waals surface area contributed by atoms with Gasteiger partial charge in [-0.3, -0.25) is 5.32 Å². The van der Waals surface area contributed by atoms with Crippen molar-refractivity contribution in [1.82, 2.24) is 10.2 Å². The van der Waals surface area contributed by atoms with Crippen molar-refractivity contribution in [3.05, 3.63) is 29.8 Å². The molecule has 112 valence electrons. The molecule has 0 aliphatic rings. The van der Waals surface area contributed by atoms with E-state index < -0.39 is 5.54 Å². The Morgan fingerprint density at radius 1 is 1.35 bits per heavy atom. The largest absolute Gasteiger partial charge is 0.497 e. The van der Waals surface area contributed by atoms with Crippen LogP contribution in [0.5, 0.6) is 5.75 Å². The van der Waals surface area contributed by atoms with Gasteiger partial charge in [-0.25, -0.2) is 4.79 Å². The normalized spacial score (nSPS) is 13.9. The smallest absolute Gasteiger partial charge is 0.330 e. The summed E-state index contributed by atoms with van der Waals surface area (Å²) >= 11 is 0. The fraction of sp³-hybridized carbons (Fsp3) is 0.533. The SMILES string of the molecule is COC(=O)C(C)(NCCN(C)C)c1cccc(OC)c1. The van der Waals surface area contributed by atoms with Gasteiger partial charge in [0.2, 0.25) is 0 Å². The van der Waals surface area contributed by atoms with E-state index in [2.05, 4.69) is 10.2 Å². The maximum Gasteiger partial charge on any atom is 0.330 e. The first kappa shape index (κ1) is 16.5. The summed E-state index contributed by atoms with van der Waals surface area (Å²) in [6.07, 6.45) is 0. The zero-order chi connectivity index (χ0) is 15.2. The Morgan fingerprint density at radius 3 is 2.60 bits per heavy atom. The molecule has 1 rings (SSSR count). The summed E-state index contributed by atoms with van der Waals surface area (Å²) in [6.45, 7) is 3.33. The van der Waals surface area contributed by atoms with E-state index in [4.69, 9.17) is 9.47 Å². The van der Waals surface area contributed by atoms with Gasteiger partial charge in [0.15, 0.2) is 0 Å². The molecule has 0 bridgehead atoms. The van der Waals surface area contributed by atoms with Crippen LogP contribution in [0.15, 0.2) is 24.3 Å². The molecule has 20 heavy (non-hydrogen) atoms. The first-order valence-electron chi connectivity index (χ1n) is 6.56. The molecule has 5 heteroatoms. The van der Waals surface area contributed by atoms with Crippen LogP contribution in [-0.4, -0.2) is 52.3 Å². The Balaban J connectivity index is 3.00. The van der Waals surface area contributed by atoms with Gasteiger partial charge in [-0.1, -0.05) is 12.1 Å². The van der Waals surface area contributed by atoms with Gasteiger partial charge in [-0.15, -0.1) is 0 Å². The van der Waals surface area contributed by atoms with E-state index in [1.807, 2.05) is 45.3 Å². The van der Waals surface area contributed by atoms with Crippen molar-refractivity contribution in [2.24, 2.45) is 0 Å². The highest BCUT2D eigenvalue weighted by atomic mass is 16.5. The maximum atomic E-state index is 12.2. The lowest BCUT2D eigenvalue weighted by molar-refractivity contribution is -0.148. The Bertz CT molecular complexity index is 448. The minimum absolute atomic E-state index is 0.315. The van der Waals surface area contributed by atoms with Crippen molar-refractivity contribution in [3.63, 3.8) is 0 Å². The van der Waals surface area contributed by atoms with Crippen molar-refractivity contribution in [2.75, 3.05) is 41.4 Å². The van der Waals surface area contributed by atoms with Crippen molar-refractivity contribution >= 4 is 5.97 Å². The van der Waals surface area contributed by atoms with Gasteiger partial charge >= 0.3 is 5.97 Å². The van der Waals surface area contributed by atoms with E-state index in [0.29, 0.717) is 12.3 Å². The quantitative estimate of drug-likeness (QED) is 0.761. The number of likely N-dealkylation sites (N-methyl/N-ethyl adjacent to an activating group) is 1. The van der Waals surface area contributed by atoms with Gasteiger partial charge in [0.25, 0.3) is 0 Å². The van der Waals surface area contributed by atoms with Gasteiger partial charge in [-0.05, 0) is 38.7 Å². The Labute approximate surface area is 120 Å². The summed E-state index contributed by atoms with van der Waals surface area (Å²) in [5.74, 6) is 0.400. The van der Waals surface area contributed by atoms with Gasteiger partial charge in [-0.2, -0.15) is 0 Å².